The van der Waals surface area contributed by atoms with Gasteiger partial charge in [0.05, 0.1) is 17.0 Å². The van der Waals surface area contributed by atoms with E-state index >= 15 is 0 Å². The number of hydrogen-bond donors (Lipinski definition) is 2. The zero-order valence-corrected chi connectivity index (χ0v) is 17.2. The summed E-state index contributed by atoms with van der Waals surface area (Å²) in [5.74, 6) is -1.03. The Balaban J connectivity index is 2.30. The van der Waals surface area contributed by atoms with E-state index in [9.17, 15) is 14.7 Å². The molecule has 0 fully saturated rings. The number of nitrogens with zero attached hydrogens (tertiary/aromatic N) is 2. The number of aromatic nitrogens is 3. The smallest absolute Gasteiger partial charge is 0.335 e. The molecule has 3 rings (SSSR count). The average Bonchev–Trinajstić information content (AvgIpc) is 3.05. The van der Waals surface area contributed by atoms with Crippen molar-refractivity contribution in [1.82, 2.24) is 14.6 Å². The number of hydrogen-bond acceptors (Lipinski definition) is 3. The number of aromatic carboxylic acids is 1. The van der Waals surface area contributed by atoms with Gasteiger partial charge in [-0.3, -0.25) is 9.89 Å². The molecule has 0 saturated carbocycles. The van der Waals surface area contributed by atoms with Crippen LogP contribution < -0.4 is 5.56 Å². The quantitative estimate of drug-likeness (QED) is 0.582. The van der Waals surface area contributed by atoms with E-state index < -0.39 is 5.97 Å². The van der Waals surface area contributed by atoms with Crippen LogP contribution in [0.1, 0.15) is 35.5 Å². The Morgan fingerprint density at radius 3 is 2.63 bits per heavy atom. The van der Waals surface area contributed by atoms with Crippen LogP contribution in [0.15, 0.2) is 77.7 Å². The molecule has 0 saturated heterocycles. The van der Waals surface area contributed by atoms with Crippen molar-refractivity contribution in [3.63, 3.8) is 0 Å². The van der Waals surface area contributed by atoms with Gasteiger partial charge in [-0.2, -0.15) is 0 Å². The van der Waals surface area contributed by atoms with Gasteiger partial charge < -0.3 is 5.11 Å². The lowest BCUT2D eigenvalue weighted by atomic mass is 9.97. The molecule has 0 aliphatic carbocycles. The van der Waals surface area contributed by atoms with Crippen molar-refractivity contribution in [1.29, 1.82) is 0 Å². The molecule has 2 aromatic heterocycles. The summed E-state index contributed by atoms with van der Waals surface area (Å²) in [5, 5.41) is 12.4. The minimum Gasteiger partial charge on any atom is -0.478 e. The van der Waals surface area contributed by atoms with Crippen LogP contribution in [-0.2, 0) is 0 Å². The molecular weight excluding hydrogens is 378 g/mol. The number of carboxylic acid groups (broad SMARTS) is 1. The standard InChI is InChI=1S/C24H23N3O3/c1-6-9-19(18(7-2)14(3)4)22-15(5)23-25-20(13-21(28)27(23)26-22)16-10-8-11-17(12-16)24(29)30/h6-13,26H,2-3H2,1,4-5H3,(H,29,30)/b9-6?,19-18+. The molecule has 0 amide bonds. The van der Waals surface area contributed by atoms with Crippen molar-refractivity contribution < 1.29 is 9.90 Å². The van der Waals surface area contributed by atoms with E-state index in [1.54, 1.807) is 18.2 Å². The highest BCUT2D eigenvalue weighted by Crippen LogP contribution is 2.29. The van der Waals surface area contributed by atoms with Gasteiger partial charge in [-0.15, -0.1) is 0 Å². The summed E-state index contributed by atoms with van der Waals surface area (Å²) in [4.78, 5) is 28.7. The largest absolute Gasteiger partial charge is 0.478 e. The first-order valence-corrected chi connectivity index (χ1v) is 9.40. The predicted molar refractivity (Wildman–Crippen MR) is 120 cm³/mol. The van der Waals surface area contributed by atoms with E-state index in [1.807, 2.05) is 32.9 Å². The predicted octanol–water partition coefficient (Wildman–Crippen LogP) is 4.79. The summed E-state index contributed by atoms with van der Waals surface area (Å²) in [6.07, 6.45) is 5.58. The van der Waals surface area contributed by atoms with E-state index in [0.29, 0.717) is 16.9 Å². The van der Waals surface area contributed by atoms with Gasteiger partial charge >= 0.3 is 5.97 Å². The zero-order valence-electron chi connectivity index (χ0n) is 17.2. The number of fused-ring (bicyclic) bond motifs is 1. The lowest BCUT2D eigenvalue weighted by Gasteiger charge is -2.08. The average molecular weight is 401 g/mol. The molecule has 6 nitrogen and oxygen atoms in total. The third-order valence-electron chi connectivity index (χ3n) is 4.81. The number of allylic oxidation sites excluding steroid dienone is 6. The summed E-state index contributed by atoms with van der Waals surface area (Å²) < 4.78 is 1.39. The van der Waals surface area contributed by atoms with Crippen LogP contribution in [0, 0.1) is 6.92 Å². The first-order valence-electron chi connectivity index (χ1n) is 9.40. The highest BCUT2D eigenvalue weighted by molar-refractivity contribution is 5.89. The topological polar surface area (TPSA) is 87.5 Å². The molecule has 0 bridgehead atoms. The third-order valence-corrected chi connectivity index (χ3v) is 4.81. The Bertz CT molecular complexity index is 1300. The second-order valence-electron chi connectivity index (χ2n) is 6.95. The summed E-state index contributed by atoms with van der Waals surface area (Å²) in [6, 6.07) is 7.76. The van der Waals surface area contributed by atoms with Crippen molar-refractivity contribution in [2.75, 3.05) is 0 Å². The van der Waals surface area contributed by atoms with E-state index in [0.717, 1.165) is 28.0 Å². The Hall–Kier alpha value is -3.93. The fourth-order valence-electron chi connectivity index (χ4n) is 3.36. The molecule has 0 radical (unpaired) electrons. The Labute approximate surface area is 174 Å². The van der Waals surface area contributed by atoms with Crippen LogP contribution in [0.25, 0.3) is 22.5 Å². The number of carbonyl (C=O) groups is 1. The lowest BCUT2D eigenvalue weighted by Crippen LogP contribution is -2.14. The van der Waals surface area contributed by atoms with E-state index in [4.69, 9.17) is 0 Å². The fourth-order valence-corrected chi connectivity index (χ4v) is 3.36. The summed E-state index contributed by atoms with van der Waals surface area (Å²) in [6.45, 7) is 13.6. The molecular formula is C24H23N3O3. The van der Waals surface area contributed by atoms with E-state index in [-0.39, 0.29) is 11.1 Å². The molecule has 2 N–H and O–H groups in total. The number of aryl methyl sites for hydroxylation is 1. The molecule has 3 aromatic rings. The van der Waals surface area contributed by atoms with Crippen LogP contribution in [0.4, 0.5) is 0 Å². The minimum absolute atomic E-state index is 0.136. The van der Waals surface area contributed by atoms with E-state index in [2.05, 4.69) is 23.2 Å². The van der Waals surface area contributed by atoms with Crippen LogP contribution >= 0.6 is 0 Å². The number of carboxylic acids is 1. The lowest BCUT2D eigenvalue weighted by molar-refractivity contribution is 0.0697. The first-order chi connectivity index (χ1) is 14.3. The maximum absolute atomic E-state index is 12.8. The molecule has 2 heterocycles. The number of H-pyrrole nitrogens is 1. The Morgan fingerprint density at radius 1 is 1.30 bits per heavy atom. The van der Waals surface area contributed by atoms with Gasteiger partial charge in [-0.1, -0.05) is 49.1 Å². The highest BCUT2D eigenvalue weighted by atomic mass is 16.4. The van der Waals surface area contributed by atoms with Gasteiger partial charge in [0.15, 0.2) is 5.65 Å². The van der Waals surface area contributed by atoms with Gasteiger partial charge in [0.1, 0.15) is 0 Å². The maximum Gasteiger partial charge on any atom is 0.335 e. The number of aromatic amines is 1. The van der Waals surface area contributed by atoms with Gasteiger partial charge in [-0.05, 0) is 38.5 Å². The van der Waals surface area contributed by atoms with Crippen LogP contribution in [0.2, 0.25) is 0 Å². The molecule has 6 heteroatoms. The van der Waals surface area contributed by atoms with Gasteiger partial charge in [0, 0.05) is 22.8 Å². The molecule has 0 atom stereocenters. The Kier molecular flexibility index (Phi) is 5.69. The highest BCUT2D eigenvalue weighted by Gasteiger charge is 2.17. The monoisotopic (exact) mass is 401 g/mol. The number of nitrogens with one attached hydrogen (secondary N) is 1. The minimum atomic E-state index is -1.03. The van der Waals surface area contributed by atoms with Crippen molar-refractivity contribution in [3.05, 3.63) is 100 Å². The fraction of sp³-hybridized carbons (Fsp3) is 0.125. The summed E-state index contributed by atoms with van der Waals surface area (Å²) in [5.41, 5.74) is 5.40. The molecule has 1 aromatic carbocycles. The zero-order chi connectivity index (χ0) is 22.0. The van der Waals surface area contributed by atoms with Crippen molar-refractivity contribution >= 4 is 17.2 Å². The number of benzene rings is 1. The van der Waals surface area contributed by atoms with Crippen LogP contribution in [0.5, 0.6) is 0 Å². The molecule has 0 aliphatic heterocycles. The van der Waals surface area contributed by atoms with Gasteiger partial charge in [-0.25, -0.2) is 14.3 Å². The second kappa shape index (κ2) is 8.21. The van der Waals surface area contributed by atoms with Crippen molar-refractivity contribution in [2.24, 2.45) is 0 Å². The van der Waals surface area contributed by atoms with Crippen LogP contribution in [0.3, 0.4) is 0 Å². The summed E-state index contributed by atoms with van der Waals surface area (Å²) in [7, 11) is 0. The first kappa shape index (κ1) is 20.8. The summed E-state index contributed by atoms with van der Waals surface area (Å²) >= 11 is 0. The molecule has 152 valence electrons. The number of rotatable bonds is 6. The second-order valence-corrected chi connectivity index (χ2v) is 6.95. The third kappa shape index (κ3) is 3.67. The molecule has 0 aliphatic rings. The molecule has 0 spiro atoms. The van der Waals surface area contributed by atoms with Crippen LogP contribution in [-0.4, -0.2) is 25.7 Å². The molecule has 30 heavy (non-hydrogen) atoms. The van der Waals surface area contributed by atoms with E-state index in [1.165, 1.54) is 22.7 Å². The van der Waals surface area contributed by atoms with Gasteiger partial charge in [0.25, 0.3) is 5.56 Å². The SMILES string of the molecule is C=C/C(C(=C)C)=C(/C=CC)c1[nH]n2c(=O)cc(-c3cccc(C(=O)O)c3)nc2c1C. The van der Waals surface area contributed by atoms with Gasteiger partial charge in [0.2, 0.25) is 0 Å². The van der Waals surface area contributed by atoms with Crippen molar-refractivity contribution in [2.45, 2.75) is 20.8 Å². The van der Waals surface area contributed by atoms with Crippen molar-refractivity contribution in [3.8, 4) is 11.3 Å². The molecule has 0 unspecified atom stereocenters. The maximum atomic E-state index is 12.8. The Morgan fingerprint density at radius 2 is 2.03 bits per heavy atom. The normalized spacial score (nSPS) is 12.2.